The van der Waals surface area contributed by atoms with Crippen molar-refractivity contribution in [1.29, 1.82) is 0 Å². The maximum atomic E-state index is 14.0. The number of hydrogen-bond acceptors (Lipinski definition) is 9. The van der Waals surface area contributed by atoms with Gasteiger partial charge < -0.3 is 29.0 Å². The first kappa shape index (κ1) is 36.8. The minimum Gasteiger partial charge on any atom is -0.461 e. The van der Waals surface area contributed by atoms with Crippen molar-refractivity contribution >= 4 is 23.4 Å². The molecule has 0 bridgehead atoms. The summed E-state index contributed by atoms with van der Waals surface area (Å²) in [5.74, 6) is -3.79. The van der Waals surface area contributed by atoms with E-state index in [4.69, 9.17) is 18.9 Å². The molecule has 45 heavy (non-hydrogen) atoms. The van der Waals surface area contributed by atoms with Crippen LogP contribution in [0.2, 0.25) is 0 Å². The number of piperidine rings is 1. The van der Waals surface area contributed by atoms with Crippen molar-refractivity contribution in [1.82, 2.24) is 4.90 Å². The van der Waals surface area contributed by atoms with E-state index >= 15 is 0 Å². The van der Waals surface area contributed by atoms with Gasteiger partial charge in [0.1, 0.15) is 12.1 Å². The lowest BCUT2D eigenvalue weighted by Crippen LogP contribution is -2.59. The van der Waals surface area contributed by atoms with Crippen molar-refractivity contribution < 1.29 is 43.2 Å². The maximum absolute atomic E-state index is 14.0. The van der Waals surface area contributed by atoms with Crippen LogP contribution >= 0.6 is 0 Å². The van der Waals surface area contributed by atoms with E-state index in [0.717, 1.165) is 12.0 Å². The van der Waals surface area contributed by atoms with Crippen LogP contribution in [0.25, 0.3) is 0 Å². The molecule has 1 amide bonds. The molecule has 252 valence electrons. The monoisotopic (exact) mass is 631 g/mol. The zero-order valence-electron chi connectivity index (χ0n) is 28.1. The van der Waals surface area contributed by atoms with Crippen molar-refractivity contribution in [3.05, 3.63) is 36.0 Å². The van der Waals surface area contributed by atoms with Gasteiger partial charge >= 0.3 is 5.97 Å². The number of carbonyl (C=O) groups is 4. The molecule has 2 saturated heterocycles. The van der Waals surface area contributed by atoms with Crippen LogP contribution in [0.3, 0.4) is 0 Å². The lowest BCUT2D eigenvalue weighted by atomic mass is 9.75. The number of hydrogen-bond donors (Lipinski definition) is 1. The average molecular weight is 632 g/mol. The van der Waals surface area contributed by atoms with Crippen LogP contribution in [0.1, 0.15) is 73.6 Å². The minimum atomic E-state index is -1.49. The summed E-state index contributed by atoms with van der Waals surface area (Å²) in [7, 11) is 3.04. The number of likely N-dealkylation sites (tertiary alicyclic amines) is 1. The van der Waals surface area contributed by atoms with Crippen molar-refractivity contribution in [3.63, 3.8) is 0 Å². The number of aliphatic hydroxyl groups is 1. The molecule has 5 unspecified atom stereocenters. The Hall–Kier alpha value is -2.66. The van der Waals surface area contributed by atoms with Crippen LogP contribution in [-0.2, 0) is 38.1 Å². The molecule has 0 aromatic rings. The number of methoxy groups -OCH3 is 2. The minimum absolute atomic E-state index is 0.106. The third-order valence-corrected chi connectivity index (χ3v) is 9.27. The normalized spacial score (nSPS) is 37.8. The second-order valence-corrected chi connectivity index (χ2v) is 13.2. The van der Waals surface area contributed by atoms with Crippen LogP contribution in [0.5, 0.6) is 0 Å². The molecule has 1 aliphatic carbocycles. The van der Waals surface area contributed by atoms with Crippen molar-refractivity contribution in [2.24, 2.45) is 23.7 Å². The Kier molecular flexibility index (Phi) is 13.7. The highest BCUT2D eigenvalue weighted by molar-refractivity contribution is 6.38. The number of allylic oxidation sites excluding steroid dienone is 5. The highest BCUT2D eigenvalue weighted by Crippen LogP contribution is 2.38. The second kappa shape index (κ2) is 16.8. The average Bonchev–Trinajstić information content (AvgIpc) is 3.01. The zero-order chi connectivity index (χ0) is 33.4. The molecule has 0 saturated carbocycles. The highest BCUT2D eigenvalue weighted by Gasteiger charge is 2.51. The number of ether oxygens (including phenoxy) is 4. The maximum Gasteiger partial charge on any atom is 0.329 e. The van der Waals surface area contributed by atoms with Crippen molar-refractivity contribution in [2.75, 3.05) is 20.8 Å². The third kappa shape index (κ3) is 8.99. The summed E-state index contributed by atoms with van der Waals surface area (Å²) < 4.78 is 23.7. The molecule has 2 fully saturated rings. The van der Waals surface area contributed by atoms with Gasteiger partial charge in [-0.1, -0.05) is 51.2 Å². The predicted octanol–water partition coefficient (Wildman–Crippen LogP) is 3.99. The van der Waals surface area contributed by atoms with Crippen LogP contribution in [0, 0.1) is 23.7 Å². The molecule has 3 rings (SSSR count). The van der Waals surface area contributed by atoms with Crippen LogP contribution in [-0.4, -0.2) is 96.9 Å². The molecule has 10 heteroatoms. The summed E-state index contributed by atoms with van der Waals surface area (Å²) in [5, 5.41) is 11.2. The van der Waals surface area contributed by atoms with E-state index in [1.54, 1.807) is 27.9 Å². The van der Waals surface area contributed by atoms with Crippen LogP contribution in [0.15, 0.2) is 36.0 Å². The number of nitrogens with zero attached hydrogens (tertiary/aromatic N) is 1. The van der Waals surface area contributed by atoms with Gasteiger partial charge in [0.25, 0.3) is 11.7 Å². The van der Waals surface area contributed by atoms with Gasteiger partial charge in [-0.15, -0.1) is 0 Å². The lowest BCUT2D eigenvalue weighted by molar-refractivity contribution is -0.195. The van der Waals surface area contributed by atoms with Crippen LogP contribution in [0.4, 0.5) is 0 Å². The molecule has 2 heterocycles. The Morgan fingerprint density at radius 3 is 2.33 bits per heavy atom. The topological polar surface area (TPSA) is 129 Å². The molecular formula is C35H53NO9. The lowest BCUT2D eigenvalue weighted by Gasteiger charge is -2.45. The number of carbonyl (C=O) groups excluding carboxylic acids is 4. The molecule has 1 N–H and O–H groups in total. The number of esters is 1. The van der Waals surface area contributed by atoms with Gasteiger partial charge in [-0.3, -0.25) is 14.4 Å². The third-order valence-electron chi connectivity index (χ3n) is 9.27. The van der Waals surface area contributed by atoms with Gasteiger partial charge in [-0.2, -0.15) is 0 Å². The van der Waals surface area contributed by atoms with E-state index in [0.29, 0.717) is 25.7 Å². The predicted molar refractivity (Wildman–Crippen MR) is 169 cm³/mol. The van der Waals surface area contributed by atoms with Gasteiger partial charge in [-0.25, -0.2) is 4.79 Å². The molecule has 0 radical (unpaired) electrons. The van der Waals surface area contributed by atoms with Crippen molar-refractivity contribution in [3.8, 4) is 0 Å². The summed E-state index contributed by atoms with van der Waals surface area (Å²) in [6.45, 7) is 11.3. The Balaban J connectivity index is 1.99. The quantitative estimate of drug-likeness (QED) is 0.328. The van der Waals surface area contributed by atoms with E-state index in [-0.39, 0.29) is 30.3 Å². The van der Waals surface area contributed by atoms with E-state index in [2.05, 4.69) is 13.0 Å². The van der Waals surface area contributed by atoms with Gasteiger partial charge in [-0.05, 0) is 70.3 Å². The SMILES string of the molecule is COC1C(=O)[C@@H](C)C[C@H](C)\C=C/C=C/C=C(\C)[C@H](OC)C1C1CC(C)[C@@H](O)[C@H](C(=O)C(=O)N2CCCCC2C(=O)OC(C)C)O1. The first-order chi connectivity index (χ1) is 21.3. The van der Waals surface area contributed by atoms with Gasteiger partial charge in [0.15, 0.2) is 11.9 Å². The van der Waals surface area contributed by atoms with E-state index in [1.165, 1.54) is 12.0 Å². The Morgan fingerprint density at radius 2 is 1.69 bits per heavy atom. The summed E-state index contributed by atoms with van der Waals surface area (Å²) in [5.41, 5.74) is 0.822. The standard InChI is InChI=1S/C35H53NO9/c1-20(2)44-35(41)25-16-12-13-17-36(25)34(40)30(39)33-29(38)24(6)19-26(45-33)27-31(42-7)22(4)15-11-9-10-14-21(3)18-23(5)28(37)32(27)43-8/h9-11,14-15,20-21,23-27,29,31-33,38H,12-13,16-19H2,1-8H3/b11-9+,14-10-,22-15+/t21-,23+,24?,25?,26?,27?,29-,31+,32?,33-/m1/s1. The summed E-state index contributed by atoms with van der Waals surface area (Å²) in [6, 6.07) is -0.880. The first-order valence-corrected chi connectivity index (χ1v) is 16.3. The molecule has 2 aliphatic heterocycles. The molecule has 10 nitrogen and oxygen atoms in total. The largest absolute Gasteiger partial charge is 0.461 e. The summed E-state index contributed by atoms with van der Waals surface area (Å²) in [4.78, 5) is 55.6. The fraction of sp³-hybridized carbons (Fsp3) is 0.714. The molecular weight excluding hydrogens is 578 g/mol. The van der Waals surface area contributed by atoms with E-state index in [1.807, 2.05) is 38.2 Å². The smallest absolute Gasteiger partial charge is 0.329 e. The fourth-order valence-electron chi connectivity index (χ4n) is 6.90. The number of ketones is 2. The molecule has 10 atom stereocenters. The van der Waals surface area contributed by atoms with Gasteiger partial charge in [0.05, 0.1) is 24.4 Å². The number of Topliss-reactive ketones (excluding diaryl/α,β-unsaturated/α-hetero) is 2. The first-order valence-electron chi connectivity index (χ1n) is 16.3. The Morgan fingerprint density at radius 1 is 1.00 bits per heavy atom. The molecule has 3 aliphatic rings. The second-order valence-electron chi connectivity index (χ2n) is 13.2. The van der Waals surface area contributed by atoms with Crippen molar-refractivity contribution in [2.45, 2.75) is 116 Å². The number of aliphatic hydroxyl groups excluding tert-OH is 1. The number of amides is 1. The molecule has 0 spiro atoms. The zero-order valence-corrected chi connectivity index (χ0v) is 28.1. The summed E-state index contributed by atoms with van der Waals surface area (Å²) in [6.07, 6.45) is 6.98. The Bertz CT molecular complexity index is 1140. The number of rotatable bonds is 7. The van der Waals surface area contributed by atoms with E-state index in [9.17, 15) is 24.3 Å². The van der Waals surface area contributed by atoms with Crippen LogP contribution < -0.4 is 0 Å². The Labute approximate surface area is 268 Å². The molecule has 0 aromatic carbocycles. The summed E-state index contributed by atoms with van der Waals surface area (Å²) >= 11 is 0. The van der Waals surface area contributed by atoms with E-state index < -0.39 is 66.1 Å². The molecule has 0 aromatic heterocycles. The van der Waals surface area contributed by atoms with Gasteiger partial charge in [0, 0.05) is 32.6 Å². The van der Waals surface area contributed by atoms with Gasteiger partial charge in [0.2, 0.25) is 0 Å². The highest BCUT2D eigenvalue weighted by atomic mass is 16.5. The fourth-order valence-corrected chi connectivity index (χ4v) is 6.90.